The Labute approximate surface area is 118 Å². The third-order valence-corrected chi connectivity index (χ3v) is 4.19. The molecule has 2 aromatic rings. The maximum atomic E-state index is 12.8. The lowest BCUT2D eigenvalue weighted by Crippen LogP contribution is -2.12. The summed E-state index contributed by atoms with van der Waals surface area (Å²) in [5, 5.41) is 0. The summed E-state index contributed by atoms with van der Waals surface area (Å²) in [6.07, 6.45) is 1.04. The number of hydrogen-bond donors (Lipinski definition) is 1. The molecule has 0 aliphatic rings. The second-order valence-electron chi connectivity index (χ2n) is 4.47. The topological polar surface area (TPSA) is 26.0 Å². The van der Waals surface area contributed by atoms with Crippen LogP contribution in [0.25, 0.3) is 0 Å². The van der Waals surface area contributed by atoms with Crippen LogP contribution in [-0.4, -0.2) is 5.75 Å². The molecule has 0 amide bonds. The molecule has 3 heteroatoms. The normalized spacial score (nSPS) is 12.4. The second-order valence-corrected chi connectivity index (χ2v) is 5.56. The molecule has 0 heterocycles. The molecule has 2 aromatic carbocycles. The van der Waals surface area contributed by atoms with Crippen molar-refractivity contribution in [3.8, 4) is 0 Å². The lowest BCUT2D eigenvalue weighted by atomic mass is 10.1. The second kappa shape index (κ2) is 6.73. The predicted molar refractivity (Wildman–Crippen MR) is 79.9 cm³/mol. The Balaban J connectivity index is 1.93. The number of aryl methyl sites for hydroxylation is 1. The highest BCUT2D eigenvalue weighted by Gasteiger charge is 2.06. The van der Waals surface area contributed by atoms with Gasteiger partial charge in [-0.05, 0) is 41.8 Å². The van der Waals surface area contributed by atoms with Crippen LogP contribution in [0.2, 0.25) is 0 Å². The van der Waals surface area contributed by atoms with Crippen LogP contribution < -0.4 is 5.73 Å². The van der Waals surface area contributed by atoms with Gasteiger partial charge in [-0.3, -0.25) is 0 Å². The van der Waals surface area contributed by atoms with E-state index in [2.05, 4.69) is 31.2 Å². The van der Waals surface area contributed by atoms with E-state index in [-0.39, 0.29) is 11.9 Å². The lowest BCUT2D eigenvalue weighted by Gasteiger charge is -2.12. The van der Waals surface area contributed by atoms with Gasteiger partial charge in [-0.25, -0.2) is 4.39 Å². The van der Waals surface area contributed by atoms with Gasteiger partial charge in [0.15, 0.2) is 0 Å². The summed E-state index contributed by atoms with van der Waals surface area (Å²) in [6, 6.07) is 15.0. The number of thioether (sulfide) groups is 1. The van der Waals surface area contributed by atoms with Crippen LogP contribution in [0.3, 0.4) is 0 Å². The first-order valence-electron chi connectivity index (χ1n) is 6.42. The summed E-state index contributed by atoms with van der Waals surface area (Å²) in [5.41, 5.74) is 8.64. The summed E-state index contributed by atoms with van der Waals surface area (Å²) in [6.45, 7) is 2.14. The average molecular weight is 275 g/mol. The fourth-order valence-electron chi connectivity index (χ4n) is 1.81. The van der Waals surface area contributed by atoms with Crippen molar-refractivity contribution in [3.05, 3.63) is 65.5 Å². The van der Waals surface area contributed by atoms with E-state index in [0.29, 0.717) is 0 Å². The van der Waals surface area contributed by atoms with E-state index in [1.165, 1.54) is 17.7 Å². The molecule has 0 aliphatic heterocycles. The first-order chi connectivity index (χ1) is 9.19. The largest absolute Gasteiger partial charge is 0.323 e. The number of rotatable bonds is 5. The Morgan fingerprint density at radius 3 is 2.26 bits per heavy atom. The summed E-state index contributed by atoms with van der Waals surface area (Å²) >= 11 is 1.65. The molecule has 1 unspecified atom stereocenters. The van der Waals surface area contributed by atoms with Crippen molar-refractivity contribution in [2.45, 2.75) is 24.3 Å². The monoisotopic (exact) mass is 275 g/mol. The Kier molecular flexibility index (Phi) is 5.00. The van der Waals surface area contributed by atoms with Crippen molar-refractivity contribution in [1.29, 1.82) is 0 Å². The van der Waals surface area contributed by atoms with E-state index in [9.17, 15) is 4.39 Å². The Bertz CT molecular complexity index is 507. The molecular weight excluding hydrogens is 257 g/mol. The minimum Gasteiger partial charge on any atom is -0.323 e. The zero-order valence-corrected chi connectivity index (χ0v) is 11.8. The first kappa shape index (κ1) is 14.1. The van der Waals surface area contributed by atoms with Gasteiger partial charge in [-0.1, -0.05) is 31.2 Å². The summed E-state index contributed by atoms with van der Waals surface area (Å²) < 4.78 is 12.8. The number of benzene rings is 2. The number of nitrogens with two attached hydrogens (primary N) is 1. The molecule has 0 spiro atoms. The van der Waals surface area contributed by atoms with E-state index in [1.807, 2.05) is 0 Å². The van der Waals surface area contributed by atoms with Gasteiger partial charge in [-0.2, -0.15) is 0 Å². The molecule has 0 aliphatic carbocycles. The van der Waals surface area contributed by atoms with Crippen LogP contribution in [0.5, 0.6) is 0 Å². The summed E-state index contributed by atoms with van der Waals surface area (Å²) in [4.78, 5) is 1.04. The lowest BCUT2D eigenvalue weighted by molar-refractivity contribution is 0.626. The van der Waals surface area contributed by atoms with Crippen LogP contribution in [0.15, 0.2) is 53.4 Å². The Morgan fingerprint density at radius 1 is 1.05 bits per heavy atom. The van der Waals surface area contributed by atoms with E-state index in [4.69, 9.17) is 5.73 Å². The van der Waals surface area contributed by atoms with Crippen molar-refractivity contribution in [2.24, 2.45) is 5.73 Å². The molecule has 0 bridgehead atoms. The minimum absolute atomic E-state index is 0.000888. The van der Waals surface area contributed by atoms with Crippen molar-refractivity contribution in [1.82, 2.24) is 0 Å². The molecule has 0 radical (unpaired) electrons. The molecule has 2 rings (SSSR count). The molecule has 0 saturated carbocycles. The zero-order chi connectivity index (χ0) is 13.7. The van der Waals surface area contributed by atoms with Gasteiger partial charge in [0.05, 0.1) is 0 Å². The van der Waals surface area contributed by atoms with E-state index in [1.54, 1.807) is 23.9 Å². The minimum atomic E-state index is -0.205. The number of halogens is 1. The highest BCUT2D eigenvalue weighted by atomic mass is 32.2. The van der Waals surface area contributed by atoms with Gasteiger partial charge in [0.25, 0.3) is 0 Å². The molecule has 0 fully saturated rings. The molecule has 1 atom stereocenters. The van der Waals surface area contributed by atoms with Gasteiger partial charge in [0.2, 0.25) is 0 Å². The van der Waals surface area contributed by atoms with Crippen molar-refractivity contribution >= 4 is 11.8 Å². The van der Waals surface area contributed by atoms with Crippen molar-refractivity contribution in [3.63, 3.8) is 0 Å². The highest BCUT2D eigenvalue weighted by Crippen LogP contribution is 2.23. The molecule has 1 nitrogen and oxygen atoms in total. The highest BCUT2D eigenvalue weighted by molar-refractivity contribution is 7.99. The maximum absolute atomic E-state index is 12.8. The average Bonchev–Trinajstić information content (AvgIpc) is 2.46. The third-order valence-electron chi connectivity index (χ3n) is 3.06. The van der Waals surface area contributed by atoms with Gasteiger partial charge in [0.1, 0.15) is 5.82 Å². The summed E-state index contributed by atoms with van der Waals surface area (Å²) in [7, 11) is 0. The van der Waals surface area contributed by atoms with Gasteiger partial charge >= 0.3 is 0 Å². The predicted octanol–water partition coefficient (Wildman–Crippen LogP) is 4.18. The first-order valence-corrected chi connectivity index (χ1v) is 7.40. The Hall–Kier alpha value is -1.32. The molecule has 0 aromatic heterocycles. The fourth-order valence-corrected chi connectivity index (χ4v) is 2.71. The van der Waals surface area contributed by atoms with Crippen LogP contribution in [0.4, 0.5) is 4.39 Å². The van der Waals surface area contributed by atoms with E-state index >= 15 is 0 Å². The van der Waals surface area contributed by atoms with Crippen LogP contribution in [0.1, 0.15) is 24.1 Å². The van der Waals surface area contributed by atoms with Crippen molar-refractivity contribution < 1.29 is 4.39 Å². The maximum Gasteiger partial charge on any atom is 0.123 e. The third kappa shape index (κ3) is 4.08. The molecule has 19 heavy (non-hydrogen) atoms. The Morgan fingerprint density at radius 2 is 1.68 bits per heavy atom. The van der Waals surface area contributed by atoms with E-state index in [0.717, 1.165) is 22.6 Å². The molecular formula is C16H18FNS. The quantitative estimate of drug-likeness (QED) is 0.828. The van der Waals surface area contributed by atoms with E-state index < -0.39 is 0 Å². The number of hydrogen-bond acceptors (Lipinski definition) is 2. The molecule has 2 N–H and O–H groups in total. The van der Waals surface area contributed by atoms with Crippen LogP contribution >= 0.6 is 11.8 Å². The standard InChI is InChI=1S/C16H18FNS/c1-2-12-3-5-13(6-4-12)16(18)11-19-15-9-7-14(17)8-10-15/h3-10,16H,2,11,18H2,1H3. The zero-order valence-electron chi connectivity index (χ0n) is 11.0. The van der Waals surface area contributed by atoms with Crippen LogP contribution in [-0.2, 0) is 6.42 Å². The van der Waals surface area contributed by atoms with Gasteiger partial charge < -0.3 is 5.73 Å². The molecule has 0 saturated heterocycles. The smallest absolute Gasteiger partial charge is 0.123 e. The molecule has 100 valence electrons. The van der Waals surface area contributed by atoms with Crippen molar-refractivity contribution in [2.75, 3.05) is 5.75 Å². The van der Waals surface area contributed by atoms with Gasteiger partial charge in [0, 0.05) is 16.7 Å². The fraction of sp³-hybridized carbons (Fsp3) is 0.250. The SMILES string of the molecule is CCc1ccc(C(N)CSc2ccc(F)cc2)cc1. The summed E-state index contributed by atoms with van der Waals surface area (Å²) in [5.74, 6) is 0.584. The van der Waals surface area contributed by atoms with Gasteiger partial charge in [-0.15, -0.1) is 11.8 Å². The van der Waals surface area contributed by atoms with Crippen LogP contribution in [0, 0.1) is 5.82 Å².